The van der Waals surface area contributed by atoms with E-state index in [1.165, 1.54) is 121 Å². The Hall–Kier alpha value is -14.2. The standard InChI is InChI=1S/C108H72N2/c1-5-30-73(31-6-1)79-64-69-91(103(71-79)110(104-72-81-34-15-17-46-89(81)92-48-19-20-49-93(92)104)102-59-29-56-99-106(102)95-51-22-23-53-96(95)107(99,82-39-7-2-8-40-82)83-41-9-3-10-42-83)80-38-25-37-78(70-80)74-60-65-85(66-61-74)108(84-43-11-4-12-44-84)97-54-24-21-50-94(97)105-98(108)55-28-58-101(105)109(100-57-27-36-76-33-14-18-47-90(76)100)86-67-62-77(63-68-86)88-52-26-35-75-32-13-16-45-87(75)88/h1-72H. The Bertz CT molecular complexity index is 6720. The zero-order valence-corrected chi connectivity index (χ0v) is 60.5. The van der Waals surface area contributed by atoms with E-state index in [1.807, 2.05) is 0 Å². The number of hydrogen-bond acceptors (Lipinski definition) is 2. The molecule has 0 fully saturated rings. The fraction of sp³-hybridized carbons (Fsp3) is 0.0185. The maximum atomic E-state index is 2.62. The quantitative estimate of drug-likeness (QED) is 0.100. The van der Waals surface area contributed by atoms with Crippen LogP contribution in [0.15, 0.2) is 437 Å². The maximum Gasteiger partial charge on any atom is 0.0714 e. The third-order valence-corrected chi connectivity index (χ3v) is 23.6. The summed E-state index contributed by atoms with van der Waals surface area (Å²) < 4.78 is 0. The van der Waals surface area contributed by atoms with Gasteiger partial charge < -0.3 is 9.80 Å². The Morgan fingerprint density at radius 2 is 0.555 bits per heavy atom. The molecule has 0 aliphatic heterocycles. The van der Waals surface area contributed by atoms with Crippen LogP contribution in [0.3, 0.4) is 0 Å². The van der Waals surface area contributed by atoms with E-state index in [4.69, 9.17) is 0 Å². The van der Waals surface area contributed by atoms with Gasteiger partial charge in [-0.2, -0.15) is 0 Å². The minimum Gasteiger partial charge on any atom is -0.309 e. The van der Waals surface area contributed by atoms with E-state index in [1.54, 1.807) is 0 Å². The van der Waals surface area contributed by atoms with Crippen molar-refractivity contribution >= 4 is 77.2 Å². The molecule has 514 valence electrons. The number of anilines is 6. The highest BCUT2D eigenvalue weighted by atomic mass is 15.2. The molecule has 2 heteroatoms. The zero-order chi connectivity index (χ0) is 72.7. The molecule has 2 aliphatic carbocycles. The number of benzene rings is 19. The summed E-state index contributed by atoms with van der Waals surface area (Å²) in [5.74, 6) is 0. The molecule has 0 saturated carbocycles. The summed E-state index contributed by atoms with van der Waals surface area (Å²) in [5.41, 5.74) is 29.1. The number of nitrogens with zero attached hydrogens (tertiary/aromatic N) is 2. The number of rotatable bonds is 14. The van der Waals surface area contributed by atoms with Crippen LogP contribution in [0, 0.1) is 0 Å². The molecule has 19 aromatic rings. The predicted molar refractivity (Wildman–Crippen MR) is 462 cm³/mol. The van der Waals surface area contributed by atoms with E-state index in [9.17, 15) is 0 Å². The van der Waals surface area contributed by atoms with Gasteiger partial charge in [-0.05, 0) is 175 Å². The Kier molecular flexibility index (Phi) is 15.4. The third-order valence-electron chi connectivity index (χ3n) is 23.6. The highest BCUT2D eigenvalue weighted by molar-refractivity contribution is 6.16. The van der Waals surface area contributed by atoms with Gasteiger partial charge in [0.2, 0.25) is 0 Å². The zero-order valence-electron chi connectivity index (χ0n) is 60.5. The fourth-order valence-electron chi connectivity index (χ4n) is 18.9. The highest BCUT2D eigenvalue weighted by Gasteiger charge is 2.49. The van der Waals surface area contributed by atoms with E-state index in [0.29, 0.717) is 0 Å². The third kappa shape index (κ3) is 10.1. The van der Waals surface area contributed by atoms with Gasteiger partial charge in [0.1, 0.15) is 0 Å². The molecule has 0 aromatic heterocycles. The Balaban J connectivity index is 0.744. The summed E-state index contributed by atoms with van der Waals surface area (Å²) >= 11 is 0. The van der Waals surface area contributed by atoms with Crippen LogP contribution < -0.4 is 9.80 Å². The van der Waals surface area contributed by atoms with Crippen molar-refractivity contribution in [3.63, 3.8) is 0 Å². The van der Waals surface area contributed by atoms with Gasteiger partial charge in [-0.3, -0.25) is 0 Å². The SMILES string of the molecule is c1ccc(-c2ccc(-c3cccc(-c4ccc(C5(c6ccccc6)c6ccccc6-c6c(N(c7ccc(-c8cccc9ccccc89)cc7)c7cccc8ccccc78)cccc65)cc4)c3)c(N(c3cccc4c3-c3ccccc3C4(c3ccccc3)c3ccccc3)c3cc4ccccc4c4ccccc34)c2)cc1. The van der Waals surface area contributed by atoms with Crippen LogP contribution in [0.25, 0.3) is 110 Å². The van der Waals surface area contributed by atoms with Crippen LogP contribution in [0.4, 0.5) is 34.1 Å². The van der Waals surface area contributed by atoms with E-state index >= 15 is 0 Å². The molecule has 2 nitrogen and oxygen atoms in total. The van der Waals surface area contributed by atoms with E-state index < -0.39 is 10.8 Å². The van der Waals surface area contributed by atoms with Crippen molar-refractivity contribution in [2.24, 2.45) is 0 Å². The van der Waals surface area contributed by atoms with E-state index in [0.717, 1.165) is 67.5 Å². The van der Waals surface area contributed by atoms with Crippen LogP contribution in [-0.4, -0.2) is 0 Å². The maximum absolute atomic E-state index is 2.62. The molecular formula is C108H72N2. The van der Waals surface area contributed by atoms with Crippen LogP contribution >= 0.6 is 0 Å². The van der Waals surface area contributed by atoms with E-state index in [-0.39, 0.29) is 0 Å². The summed E-state index contributed by atoms with van der Waals surface area (Å²) in [7, 11) is 0. The molecule has 0 N–H and O–H groups in total. The topological polar surface area (TPSA) is 6.48 Å². The fourth-order valence-corrected chi connectivity index (χ4v) is 18.9. The second-order valence-electron chi connectivity index (χ2n) is 29.2. The van der Waals surface area contributed by atoms with Gasteiger partial charge in [-0.15, -0.1) is 0 Å². The molecule has 2 aliphatic rings. The molecule has 21 rings (SSSR count). The molecule has 0 bridgehead atoms. The second kappa shape index (κ2) is 26.4. The Labute approximate surface area is 641 Å². The van der Waals surface area contributed by atoms with Crippen molar-refractivity contribution in [2.45, 2.75) is 10.8 Å². The van der Waals surface area contributed by atoms with Gasteiger partial charge in [0.15, 0.2) is 0 Å². The van der Waals surface area contributed by atoms with Crippen molar-refractivity contribution in [2.75, 3.05) is 9.80 Å². The first-order valence-corrected chi connectivity index (χ1v) is 38.2. The smallest absolute Gasteiger partial charge is 0.0714 e. The van der Waals surface area contributed by atoms with Crippen LogP contribution in [0.1, 0.15) is 44.5 Å². The second-order valence-corrected chi connectivity index (χ2v) is 29.2. The lowest BCUT2D eigenvalue weighted by Crippen LogP contribution is -2.28. The van der Waals surface area contributed by atoms with Gasteiger partial charge in [0, 0.05) is 33.2 Å². The average molecular weight is 1400 g/mol. The predicted octanol–water partition coefficient (Wildman–Crippen LogP) is 28.6. The first-order chi connectivity index (χ1) is 54.6. The molecular weight excluding hydrogens is 1330 g/mol. The lowest BCUT2D eigenvalue weighted by atomic mass is 9.67. The Morgan fingerprint density at radius 1 is 0.164 bits per heavy atom. The molecule has 0 amide bonds. The van der Waals surface area contributed by atoms with Crippen molar-refractivity contribution in [3.05, 3.63) is 481 Å². The van der Waals surface area contributed by atoms with Crippen LogP contribution in [-0.2, 0) is 10.8 Å². The summed E-state index contributed by atoms with van der Waals surface area (Å²) in [4.78, 5) is 5.13. The number of hydrogen-bond donors (Lipinski definition) is 0. The average Bonchev–Trinajstić information content (AvgIpc) is 1.53. The lowest BCUT2D eigenvalue weighted by molar-refractivity contribution is 0.768. The summed E-state index contributed by atoms with van der Waals surface area (Å²) in [6.45, 7) is 0. The van der Waals surface area contributed by atoms with Crippen molar-refractivity contribution in [3.8, 4) is 66.8 Å². The molecule has 1 unspecified atom stereocenters. The van der Waals surface area contributed by atoms with Gasteiger partial charge >= 0.3 is 0 Å². The van der Waals surface area contributed by atoms with Gasteiger partial charge in [-0.1, -0.05) is 388 Å². The minimum absolute atomic E-state index is 0.624. The molecule has 110 heavy (non-hydrogen) atoms. The highest BCUT2D eigenvalue weighted by Crippen LogP contribution is 2.63. The van der Waals surface area contributed by atoms with Crippen molar-refractivity contribution < 1.29 is 0 Å². The molecule has 0 saturated heterocycles. The molecule has 0 heterocycles. The minimum atomic E-state index is -0.696. The Morgan fingerprint density at radius 3 is 1.18 bits per heavy atom. The monoisotopic (exact) mass is 1400 g/mol. The lowest BCUT2D eigenvalue weighted by Gasteiger charge is -2.35. The number of fused-ring (bicyclic) bond motifs is 11. The van der Waals surface area contributed by atoms with Gasteiger partial charge in [0.25, 0.3) is 0 Å². The first-order valence-electron chi connectivity index (χ1n) is 38.2. The van der Waals surface area contributed by atoms with E-state index in [2.05, 4.69) is 447 Å². The van der Waals surface area contributed by atoms with Crippen molar-refractivity contribution in [1.82, 2.24) is 0 Å². The van der Waals surface area contributed by atoms with Gasteiger partial charge in [-0.25, -0.2) is 0 Å². The molecule has 19 aromatic carbocycles. The van der Waals surface area contributed by atoms with Crippen LogP contribution in [0.2, 0.25) is 0 Å². The summed E-state index contributed by atoms with van der Waals surface area (Å²) in [6.07, 6.45) is 0. The summed E-state index contributed by atoms with van der Waals surface area (Å²) in [6, 6.07) is 163. The molecule has 0 spiro atoms. The van der Waals surface area contributed by atoms with Gasteiger partial charge in [0.05, 0.1) is 39.3 Å². The largest absolute Gasteiger partial charge is 0.309 e. The molecule has 1 atom stereocenters. The normalized spacial score (nSPS) is 13.7. The van der Waals surface area contributed by atoms with Crippen LogP contribution in [0.5, 0.6) is 0 Å². The first kappa shape index (κ1) is 64.2. The van der Waals surface area contributed by atoms with Crippen molar-refractivity contribution in [1.29, 1.82) is 0 Å². The summed E-state index contributed by atoms with van der Waals surface area (Å²) in [5, 5.41) is 9.61. The molecule has 0 radical (unpaired) electrons.